The van der Waals surface area contributed by atoms with E-state index in [2.05, 4.69) is 27.2 Å². The minimum Gasteiger partial charge on any atom is -0.393 e. The normalized spacial score (nSPS) is 22.4. The van der Waals surface area contributed by atoms with Crippen LogP contribution in [0.25, 0.3) is 0 Å². The molecular weight excluding hydrogens is 228 g/mol. The van der Waals surface area contributed by atoms with Gasteiger partial charge in [-0.05, 0) is 32.6 Å². The summed E-state index contributed by atoms with van der Waals surface area (Å²) in [6, 6.07) is 0. The Bertz CT molecular complexity index is 404. The Hall–Kier alpha value is -1.36. The Morgan fingerprint density at radius 2 is 2.22 bits per heavy atom. The molecule has 2 rings (SSSR count). The van der Waals surface area contributed by atoms with Crippen LogP contribution in [-0.4, -0.2) is 41.3 Å². The van der Waals surface area contributed by atoms with E-state index in [1.165, 1.54) is 0 Å². The zero-order valence-corrected chi connectivity index (χ0v) is 11.3. The van der Waals surface area contributed by atoms with E-state index in [1.54, 1.807) is 0 Å². The van der Waals surface area contributed by atoms with Gasteiger partial charge in [0.2, 0.25) is 5.95 Å². The first kappa shape index (κ1) is 13.1. The molecule has 0 spiro atoms. The van der Waals surface area contributed by atoms with Gasteiger partial charge in [-0.1, -0.05) is 0 Å². The zero-order chi connectivity index (χ0) is 13.1. The van der Waals surface area contributed by atoms with Gasteiger partial charge in [0.1, 0.15) is 5.82 Å². The molecule has 1 fully saturated rings. The Kier molecular flexibility index (Phi) is 4.01. The van der Waals surface area contributed by atoms with Crippen LogP contribution in [0, 0.1) is 12.8 Å². The van der Waals surface area contributed by atoms with E-state index in [1.807, 2.05) is 20.0 Å². The standard InChI is InChI=1S/C13H22N4O/c1-4-14-13-15-7-9(2)12(16-13)17(3)8-10-5-11(18)6-10/h7,10-11,18H,4-6,8H2,1-3H3,(H,14,15,16). The molecule has 100 valence electrons. The van der Waals surface area contributed by atoms with Crippen molar-refractivity contribution in [1.82, 2.24) is 9.97 Å². The number of hydrogen-bond acceptors (Lipinski definition) is 5. The Morgan fingerprint density at radius 1 is 1.50 bits per heavy atom. The number of aliphatic hydroxyl groups excluding tert-OH is 1. The molecule has 0 radical (unpaired) electrons. The lowest BCUT2D eigenvalue weighted by molar-refractivity contribution is 0.0464. The highest BCUT2D eigenvalue weighted by Gasteiger charge is 2.28. The summed E-state index contributed by atoms with van der Waals surface area (Å²) in [6.07, 6.45) is 3.59. The summed E-state index contributed by atoms with van der Waals surface area (Å²) in [7, 11) is 2.05. The maximum absolute atomic E-state index is 9.32. The topological polar surface area (TPSA) is 61.3 Å². The van der Waals surface area contributed by atoms with Crippen LogP contribution in [0.3, 0.4) is 0 Å². The number of aromatic nitrogens is 2. The van der Waals surface area contributed by atoms with Gasteiger partial charge in [0.05, 0.1) is 6.10 Å². The zero-order valence-electron chi connectivity index (χ0n) is 11.3. The molecule has 0 saturated heterocycles. The predicted molar refractivity (Wildman–Crippen MR) is 72.9 cm³/mol. The number of nitrogens with zero attached hydrogens (tertiary/aromatic N) is 3. The monoisotopic (exact) mass is 250 g/mol. The summed E-state index contributed by atoms with van der Waals surface area (Å²) in [4.78, 5) is 10.9. The lowest BCUT2D eigenvalue weighted by atomic mass is 9.82. The van der Waals surface area contributed by atoms with Gasteiger partial charge in [-0.3, -0.25) is 0 Å². The number of rotatable bonds is 5. The third kappa shape index (κ3) is 2.90. The molecule has 1 aromatic heterocycles. The summed E-state index contributed by atoms with van der Waals surface area (Å²) in [5.41, 5.74) is 1.08. The summed E-state index contributed by atoms with van der Waals surface area (Å²) < 4.78 is 0. The predicted octanol–water partition coefficient (Wildman–Crippen LogP) is 1.42. The van der Waals surface area contributed by atoms with Crippen LogP contribution in [0.2, 0.25) is 0 Å². The number of aryl methyl sites for hydroxylation is 1. The van der Waals surface area contributed by atoms with Crippen LogP contribution >= 0.6 is 0 Å². The molecule has 0 aromatic carbocycles. The Balaban J connectivity index is 2.03. The molecule has 0 atom stereocenters. The van der Waals surface area contributed by atoms with E-state index in [0.29, 0.717) is 11.9 Å². The number of hydrogen-bond donors (Lipinski definition) is 2. The minimum absolute atomic E-state index is 0.0905. The summed E-state index contributed by atoms with van der Waals surface area (Å²) in [6.45, 7) is 5.82. The molecule has 1 aliphatic carbocycles. The van der Waals surface area contributed by atoms with Gasteiger partial charge in [0.15, 0.2) is 0 Å². The second-order valence-electron chi connectivity index (χ2n) is 5.10. The van der Waals surface area contributed by atoms with Crippen molar-refractivity contribution in [2.24, 2.45) is 5.92 Å². The van der Waals surface area contributed by atoms with Crippen molar-refractivity contribution in [3.05, 3.63) is 11.8 Å². The lowest BCUT2D eigenvalue weighted by Crippen LogP contribution is -2.37. The molecule has 5 heteroatoms. The van der Waals surface area contributed by atoms with Crippen molar-refractivity contribution in [3.8, 4) is 0 Å². The van der Waals surface area contributed by atoms with Gasteiger partial charge >= 0.3 is 0 Å². The first-order valence-corrected chi connectivity index (χ1v) is 6.56. The van der Waals surface area contributed by atoms with Gasteiger partial charge in [0.25, 0.3) is 0 Å². The maximum Gasteiger partial charge on any atom is 0.224 e. The molecule has 1 saturated carbocycles. The summed E-state index contributed by atoms with van der Waals surface area (Å²) >= 11 is 0. The van der Waals surface area contributed by atoms with Gasteiger partial charge in [0, 0.05) is 31.9 Å². The highest BCUT2D eigenvalue weighted by Crippen LogP contribution is 2.29. The van der Waals surface area contributed by atoms with E-state index in [-0.39, 0.29) is 6.10 Å². The van der Waals surface area contributed by atoms with Crippen molar-refractivity contribution in [2.45, 2.75) is 32.8 Å². The molecule has 0 amide bonds. The molecule has 1 aliphatic rings. The highest BCUT2D eigenvalue weighted by atomic mass is 16.3. The maximum atomic E-state index is 9.32. The number of anilines is 2. The quantitative estimate of drug-likeness (QED) is 0.827. The third-order valence-electron chi connectivity index (χ3n) is 3.38. The second kappa shape index (κ2) is 5.52. The van der Waals surface area contributed by atoms with Crippen molar-refractivity contribution < 1.29 is 5.11 Å². The van der Waals surface area contributed by atoms with Crippen LogP contribution in [0.1, 0.15) is 25.3 Å². The average molecular weight is 250 g/mol. The molecule has 0 aliphatic heterocycles. The molecule has 0 unspecified atom stereocenters. The highest BCUT2D eigenvalue weighted by molar-refractivity contribution is 5.48. The SMILES string of the molecule is CCNc1ncc(C)c(N(C)CC2CC(O)C2)n1. The van der Waals surface area contributed by atoms with Crippen molar-refractivity contribution in [3.63, 3.8) is 0 Å². The van der Waals surface area contributed by atoms with Crippen molar-refractivity contribution >= 4 is 11.8 Å². The fourth-order valence-electron chi connectivity index (χ4n) is 2.39. The van der Waals surface area contributed by atoms with Crippen molar-refractivity contribution in [2.75, 3.05) is 30.4 Å². The smallest absolute Gasteiger partial charge is 0.224 e. The third-order valence-corrected chi connectivity index (χ3v) is 3.38. The molecular formula is C13H22N4O. The van der Waals surface area contributed by atoms with E-state index < -0.39 is 0 Å². The molecule has 0 bridgehead atoms. The van der Waals surface area contributed by atoms with Crippen LogP contribution in [-0.2, 0) is 0 Å². The molecule has 1 heterocycles. The number of nitrogens with one attached hydrogen (secondary N) is 1. The van der Waals surface area contributed by atoms with Crippen LogP contribution < -0.4 is 10.2 Å². The summed E-state index contributed by atoms with van der Waals surface area (Å²) in [5, 5.41) is 12.4. The van der Waals surface area contributed by atoms with E-state index >= 15 is 0 Å². The van der Waals surface area contributed by atoms with E-state index in [0.717, 1.165) is 37.3 Å². The van der Waals surface area contributed by atoms with Crippen LogP contribution in [0.4, 0.5) is 11.8 Å². The van der Waals surface area contributed by atoms with Gasteiger partial charge in [-0.15, -0.1) is 0 Å². The van der Waals surface area contributed by atoms with Gasteiger partial charge < -0.3 is 15.3 Å². The Morgan fingerprint density at radius 3 is 2.83 bits per heavy atom. The molecule has 1 aromatic rings. The Labute approximate surface area is 108 Å². The fraction of sp³-hybridized carbons (Fsp3) is 0.692. The molecule has 5 nitrogen and oxygen atoms in total. The molecule has 2 N–H and O–H groups in total. The van der Waals surface area contributed by atoms with Gasteiger partial charge in [-0.2, -0.15) is 4.98 Å². The molecule has 18 heavy (non-hydrogen) atoms. The largest absolute Gasteiger partial charge is 0.393 e. The average Bonchev–Trinajstić information content (AvgIpc) is 2.30. The second-order valence-corrected chi connectivity index (χ2v) is 5.10. The summed E-state index contributed by atoms with van der Waals surface area (Å²) in [5.74, 6) is 2.24. The first-order valence-electron chi connectivity index (χ1n) is 6.56. The minimum atomic E-state index is -0.0905. The van der Waals surface area contributed by atoms with Gasteiger partial charge in [-0.25, -0.2) is 4.98 Å². The van der Waals surface area contributed by atoms with Crippen LogP contribution in [0.15, 0.2) is 6.20 Å². The van der Waals surface area contributed by atoms with Crippen molar-refractivity contribution in [1.29, 1.82) is 0 Å². The van der Waals surface area contributed by atoms with E-state index in [4.69, 9.17) is 0 Å². The van der Waals surface area contributed by atoms with E-state index in [9.17, 15) is 5.11 Å². The fourth-order valence-corrected chi connectivity index (χ4v) is 2.39. The van der Waals surface area contributed by atoms with Crippen LogP contribution in [0.5, 0.6) is 0 Å². The lowest BCUT2D eigenvalue weighted by Gasteiger charge is -2.35. The number of aliphatic hydroxyl groups is 1. The first-order chi connectivity index (χ1) is 8.60.